The molecule has 82 valence electrons. The summed E-state index contributed by atoms with van der Waals surface area (Å²) in [4.78, 5) is 11.3. The number of nitrogens with one attached hydrogen (secondary N) is 1. The van der Waals surface area contributed by atoms with Crippen LogP contribution >= 0.6 is 0 Å². The van der Waals surface area contributed by atoms with Crippen LogP contribution in [-0.4, -0.2) is 18.5 Å². The van der Waals surface area contributed by atoms with Gasteiger partial charge in [-0.15, -0.1) is 0 Å². The number of hydrogen-bond donors (Lipinski definition) is 2. The molecule has 14 heavy (non-hydrogen) atoms. The zero-order valence-electron chi connectivity index (χ0n) is 9.09. The Hall–Kier alpha value is -0.570. The van der Waals surface area contributed by atoms with Gasteiger partial charge in [-0.25, -0.2) is 0 Å². The molecule has 2 unspecified atom stereocenters. The zero-order valence-corrected chi connectivity index (χ0v) is 9.09. The molecule has 0 heterocycles. The molecule has 3 N–H and O–H groups in total. The first kappa shape index (κ1) is 11.5. The van der Waals surface area contributed by atoms with Gasteiger partial charge in [-0.2, -0.15) is 0 Å². The first-order chi connectivity index (χ1) is 6.72. The van der Waals surface area contributed by atoms with E-state index in [2.05, 4.69) is 12.2 Å². The summed E-state index contributed by atoms with van der Waals surface area (Å²) in [6, 6.07) is 0.368. The lowest BCUT2D eigenvalue weighted by Crippen LogP contribution is -2.28. The molecular formula is C11H22N2O. The quantitative estimate of drug-likeness (QED) is 0.702. The maximum atomic E-state index is 11.3. The van der Waals surface area contributed by atoms with Crippen LogP contribution in [0, 0.1) is 5.92 Å². The van der Waals surface area contributed by atoms with E-state index in [1.165, 1.54) is 6.42 Å². The summed E-state index contributed by atoms with van der Waals surface area (Å²) in [5, 5.41) is 2.99. The molecule has 0 aromatic carbocycles. The zero-order chi connectivity index (χ0) is 10.4. The molecule has 0 spiro atoms. The van der Waals surface area contributed by atoms with Crippen molar-refractivity contribution in [3.8, 4) is 0 Å². The normalized spacial score (nSPS) is 26.4. The highest BCUT2D eigenvalue weighted by Crippen LogP contribution is 2.23. The van der Waals surface area contributed by atoms with Crippen molar-refractivity contribution < 1.29 is 4.79 Å². The van der Waals surface area contributed by atoms with Gasteiger partial charge in [-0.1, -0.05) is 13.3 Å². The third-order valence-corrected chi connectivity index (χ3v) is 2.93. The van der Waals surface area contributed by atoms with E-state index in [9.17, 15) is 4.79 Å². The highest BCUT2D eigenvalue weighted by Gasteiger charge is 2.21. The van der Waals surface area contributed by atoms with Crippen molar-refractivity contribution in [2.24, 2.45) is 11.7 Å². The fraction of sp³-hybridized carbons (Fsp3) is 0.909. The van der Waals surface area contributed by atoms with Gasteiger partial charge < -0.3 is 11.1 Å². The molecule has 0 radical (unpaired) electrons. The molecule has 3 heteroatoms. The monoisotopic (exact) mass is 198 g/mol. The first-order valence-electron chi connectivity index (χ1n) is 5.74. The molecule has 0 bridgehead atoms. The Labute approximate surface area is 86.4 Å². The maximum absolute atomic E-state index is 11.3. The van der Waals surface area contributed by atoms with Crippen LogP contribution < -0.4 is 11.1 Å². The van der Waals surface area contributed by atoms with E-state index in [1.807, 2.05) is 0 Å². The van der Waals surface area contributed by atoms with Crippen molar-refractivity contribution in [3.63, 3.8) is 0 Å². The number of carbonyl (C=O) groups excluding carboxylic acids is 1. The van der Waals surface area contributed by atoms with Crippen LogP contribution in [0.2, 0.25) is 0 Å². The molecule has 1 saturated carbocycles. The van der Waals surface area contributed by atoms with Gasteiger partial charge in [0.1, 0.15) is 0 Å². The molecule has 0 aromatic heterocycles. The first-order valence-corrected chi connectivity index (χ1v) is 5.74. The molecule has 1 aliphatic rings. The fourth-order valence-corrected chi connectivity index (χ4v) is 1.98. The van der Waals surface area contributed by atoms with Crippen molar-refractivity contribution in [2.45, 2.75) is 51.5 Å². The van der Waals surface area contributed by atoms with Crippen LogP contribution in [0.15, 0.2) is 0 Å². The Morgan fingerprint density at radius 3 is 2.86 bits per heavy atom. The van der Waals surface area contributed by atoms with Crippen LogP contribution in [0.5, 0.6) is 0 Å². The Morgan fingerprint density at radius 2 is 2.29 bits per heavy atom. The average molecular weight is 198 g/mol. The molecule has 1 fully saturated rings. The lowest BCUT2D eigenvalue weighted by atomic mass is 10.1. The minimum absolute atomic E-state index is 0.201. The van der Waals surface area contributed by atoms with Gasteiger partial charge in [0, 0.05) is 19.0 Å². The number of hydrogen-bond acceptors (Lipinski definition) is 2. The number of amides is 1. The van der Waals surface area contributed by atoms with E-state index in [0.717, 1.165) is 32.2 Å². The van der Waals surface area contributed by atoms with Gasteiger partial charge >= 0.3 is 0 Å². The lowest BCUT2D eigenvalue weighted by Gasteiger charge is -2.10. The highest BCUT2D eigenvalue weighted by atomic mass is 16.1. The SMILES string of the molecule is CCCCC(=O)NCC1CCC(N)C1. The van der Waals surface area contributed by atoms with Crippen LogP contribution in [-0.2, 0) is 4.79 Å². The summed E-state index contributed by atoms with van der Waals surface area (Å²) in [6.45, 7) is 2.93. The predicted molar refractivity (Wildman–Crippen MR) is 57.9 cm³/mol. The second-order valence-corrected chi connectivity index (χ2v) is 4.35. The van der Waals surface area contributed by atoms with E-state index in [1.54, 1.807) is 0 Å². The Morgan fingerprint density at radius 1 is 1.50 bits per heavy atom. The van der Waals surface area contributed by atoms with Crippen molar-refractivity contribution in [3.05, 3.63) is 0 Å². The van der Waals surface area contributed by atoms with Crippen LogP contribution in [0.1, 0.15) is 45.4 Å². The molecule has 0 aliphatic heterocycles. The van der Waals surface area contributed by atoms with Crippen LogP contribution in [0.4, 0.5) is 0 Å². The second kappa shape index (κ2) is 6.02. The van der Waals surface area contributed by atoms with Gasteiger partial charge in [-0.05, 0) is 31.6 Å². The van der Waals surface area contributed by atoms with Gasteiger partial charge in [0.25, 0.3) is 0 Å². The van der Waals surface area contributed by atoms with Crippen molar-refractivity contribution in [1.29, 1.82) is 0 Å². The molecule has 2 atom stereocenters. The van der Waals surface area contributed by atoms with Crippen molar-refractivity contribution in [2.75, 3.05) is 6.54 Å². The molecule has 1 amide bonds. The summed E-state index contributed by atoms with van der Waals surface area (Å²) >= 11 is 0. The van der Waals surface area contributed by atoms with E-state index in [0.29, 0.717) is 18.4 Å². The molecule has 1 rings (SSSR count). The number of carbonyl (C=O) groups is 1. The van der Waals surface area contributed by atoms with E-state index in [4.69, 9.17) is 5.73 Å². The number of unbranched alkanes of at least 4 members (excludes halogenated alkanes) is 1. The summed E-state index contributed by atoms with van der Waals surface area (Å²) in [5.74, 6) is 0.822. The second-order valence-electron chi connectivity index (χ2n) is 4.35. The minimum Gasteiger partial charge on any atom is -0.356 e. The van der Waals surface area contributed by atoms with E-state index in [-0.39, 0.29) is 5.91 Å². The maximum Gasteiger partial charge on any atom is 0.220 e. The molecular weight excluding hydrogens is 176 g/mol. The average Bonchev–Trinajstić information content (AvgIpc) is 2.58. The third kappa shape index (κ3) is 4.09. The smallest absolute Gasteiger partial charge is 0.220 e. The topological polar surface area (TPSA) is 55.1 Å². The predicted octanol–water partition coefficient (Wildman–Crippen LogP) is 1.42. The minimum atomic E-state index is 0.201. The largest absolute Gasteiger partial charge is 0.356 e. The van der Waals surface area contributed by atoms with Crippen molar-refractivity contribution in [1.82, 2.24) is 5.32 Å². The molecule has 0 aromatic rings. The lowest BCUT2D eigenvalue weighted by molar-refractivity contribution is -0.121. The van der Waals surface area contributed by atoms with E-state index >= 15 is 0 Å². The van der Waals surface area contributed by atoms with Crippen LogP contribution in [0.3, 0.4) is 0 Å². The Bertz CT molecular complexity index is 182. The third-order valence-electron chi connectivity index (χ3n) is 2.93. The number of nitrogens with two attached hydrogens (primary N) is 1. The fourth-order valence-electron chi connectivity index (χ4n) is 1.98. The summed E-state index contributed by atoms with van der Waals surface area (Å²) in [5.41, 5.74) is 5.80. The summed E-state index contributed by atoms with van der Waals surface area (Å²) in [7, 11) is 0. The standard InChI is InChI=1S/C11H22N2O/c1-2-3-4-11(14)13-8-9-5-6-10(12)7-9/h9-10H,2-8,12H2,1H3,(H,13,14). The summed E-state index contributed by atoms with van der Waals surface area (Å²) < 4.78 is 0. The molecule has 1 aliphatic carbocycles. The van der Waals surface area contributed by atoms with Gasteiger partial charge in [0.15, 0.2) is 0 Å². The number of rotatable bonds is 5. The Balaban J connectivity index is 2.05. The van der Waals surface area contributed by atoms with Gasteiger partial charge in [0.2, 0.25) is 5.91 Å². The van der Waals surface area contributed by atoms with Crippen LogP contribution in [0.25, 0.3) is 0 Å². The molecule has 3 nitrogen and oxygen atoms in total. The highest BCUT2D eigenvalue weighted by molar-refractivity contribution is 5.75. The van der Waals surface area contributed by atoms with Gasteiger partial charge in [0.05, 0.1) is 0 Å². The van der Waals surface area contributed by atoms with Crippen molar-refractivity contribution >= 4 is 5.91 Å². The molecule has 0 saturated heterocycles. The Kier molecular flexibility index (Phi) is 4.94. The summed E-state index contributed by atoms with van der Waals surface area (Å²) in [6.07, 6.45) is 6.13. The van der Waals surface area contributed by atoms with E-state index < -0.39 is 0 Å². The van der Waals surface area contributed by atoms with Gasteiger partial charge in [-0.3, -0.25) is 4.79 Å².